The van der Waals surface area contributed by atoms with Gasteiger partial charge in [0.1, 0.15) is 0 Å². The Balaban J connectivity index is 2.32. The quantitative estimate of drug-likeness (QED) is 0.498. The van der Waals surface area contributed by atoms with E-state index in [-0.39, 0.29) is 0 Å². The van der Waals surface area contributed by atoms with Gasteiger partial charge in [0.2, 0.25) is 0 Å². The minimum atomic E-state index is 0.686. The van der Waals surface area contributed by atoms with Crippen molar-refractivity contribution in [2.75, 3.05) is 0 Å². The maximum atomic E-state index is 2.37. The smallest absolute Gasteiger partial charge is 0.0149 e. The Morgan fingerprint density at radius 2 is 1.76 bits per heavy atom. The molecule has 2 rings (SSSR count). The molecule has 0 nitrogen and oxygen atoms in total. The second kappa shape index (κ2) is 8.02. The monoisotopic (exact) mass is 280 g/mol. The summed E-state index contributed by atoms with van der Waals surface area (Å²) in [5.74, 6) is 0.686. The zero-order valence-corrected chi connectivity index (χ0v) is 13.7. The first-order chi connectivity index (χ1) is 10.3. The number of rotatable bonds is 7. The zero-order chi connectivity index (χ0) is 15.1. The largest absolute Gasteiger partial charge is 0.0888 e. The fourth-order valence-electron chi connectivity index (χ4n) is 3.29. The summed E-state index contributed by atoms with van der Waals surface area (Å²) >= 11 is 0. The highest BCUT2D eigenvalue weighted by atomic mass is 14.2. The highest BCUT2D eigenvalue weighted by molar-refractivity contribution is 5.87. The normalized spacial score (nSPS) is 13.1. The molecule has 2 aromatic carbocycles. The van der Waals surface area contributed by atoms with Gasteiger partial charge in [-0.3, -0.25) is 0 Å². The molecule has 0 fully saturated rings. The van der Waals surface area contributed by atoms with Gasteiger partial charge < -0.3 is 0 Å². The van der Waals surface area contributed by atoms with E-state index in [0.29, 0.717) is 5.92 Å². The second-order valence-corrected chi connectivity index (χ2v) is 5.77. The standard InChI is InChI=1S/C21H28/c1-4-7-8-9-12-17(5-2)21-16-15-18-13-10-11-14-20(18)19(21)6-3/h7-8,10-11,13-17H,4-6,9,12H2,1-3H3. The fourth-order valence-corrected chi connectivity index (χ4v) is 3.29. The SMILES string of the molecule is CCC=CCCC(CC)c1ccc2ccccc2c1CC. The van der Waals surface area contributed by atoms with Crippen LogP contribution >= 0.6 is 0 Å². The van der Waals surface area contributed by atoms with E-state index in [2.05, 4.69) is 69.3 Å². The van der Waals surface area contributed by atoms with Crippen LogP contribution in [0.2, 0.25) is 0 Å². The lowest BCUT2D eigenvalue weighted by molar-refractivity contribution is 0.608. The molecule has 0 heterocycles. The summed E-state index contributed by atoms with van der Waals surface area (Å²) in [6, 6.07) is 13.5. The molecule has 0 radical (unpaired) electrons. The van der Waals surface area contributed by atoms with E-state index < -0.39 is 0 Å². The van der Waals surface area contributed by atoms with Crippen molar-refractivity contribution < 1.29 is 0 Å². The van der Waals surface area contributed by atoms with E-state index in [1.807, 2.05) is 0 Å². The maximum absolute atomic E-state index is 2.37. The van der Waals surface area contributed by atoms with Gasteiger partial charge in [-0.2, -0.15) is 0 Å². The van der Waals surface area contributed by atoms with Crippen LogP contribution in [0.15, 0.2) is 48.6 Å². The molecule has 0 bridgehead atoms. The van der Waals surface area contributed by atoms with E-state index in [4.69, 9.17) is 0 Å². The van der Waals surface area contributed by atoms with Gasteiger partial charge in [0.05, 0.1) is 0 Å². The van der Waals surface area contributed by atoms with Crippen LogP contribution in [0, 0.1) is 0 Å². The highest BCUT2D eigenvalue weighted by Crippen LogP contribution is 2.32. The van der Waals surface area contributed by atoms with Crippen molar-refractivity contribution in [3.8, 4) is 0 Å². The van der Waals surface area contributed by atoms with E-state index in [0.717, 1.165) is 12.8 Å². The van der Waals surface area contributed by atoms with Crippen molar-refractivity contribution in [3.63, 3.8) is 0 Å². The molecule has 0 N–H and O–H groups in total. The molecule has 0 aliphatic carbocycles. The molecular formula is C21H28. The van der Waals surface area contributed by atoms with Gasteiger partial charge in [0.15, 0.2) is 0 Å². The summed E-state index contributed by atoms with van der Waals surface area (Å²) in [5, 5.41) is 2.82. The molecule has 1 atom stereocenters. The predicted octanol–water partition coefficient (Wildman–Crippen LogP) is 6.64. The fraction of sp³-hybridized carbons (Fsp3) is 0.429. The van der Waals surface area contributed by atoms with E-state index >= 15 is 0 Å². The zero-order valence-electron chi connectivity index (χ0n) is 13.7. The van der Waals surface area contributed by atoms with Crippen LogP contribution in [0.3, 0.4) is 0 Å². The van der Waals surface area contributed by atoms with Gasteiger partial charge in [-0.15, -0.1) is 0 Å². The summed E-state index contributed by atoms with van der Waals surface area (Å²) in [5.41, 5.74) is 3.13. The lowest BCUT2D eigenvalue weighted by Gasteiger charge is -2.20. The van der Waals surface area contributed by atoms with Crippen LogP contribution in [0.1, 0.15) is 63.5 Å². The third kappa shape index (κ3) is 3.75. The van der Waals surface area contributed by atoms with Gasteiger partial charge in [0.25, 0.3) is 0 Å². The minimum Gasteiger partial charge on any atom is -0.0888 e. The number of aryl methyl sites for hydroxylation is 1. The van der Waals surface area contributed by atoms with E-state index in [9.17, 15) is 0 Å². The molecule has 1 unspecified atom stereocenters. The van der Waals surface area contributed by atoms with Crippen LogP contribution in [-0.4, -0.2) is 0 Å². The minimum absolute atomic E-state index is 0.686. The van der Waals surface area contributed by atoms with Crippen molar-refractivity contribution in [1.29, 1.82) is 0 Å². The molecule has 0 saturated carbocycles. The van der Waals surface area contributed by atoms with Gasteiger partial charge in [-0.25, -0.2) is 0 Å². The van der Waals surface area contributed by atoms with Crippen LogP contribution < -0.4 is 0 Å². The van der Waals surface area contributed by atoms with Gasteiger partial charge in [0, 0.05) is 0 Å². The van der Waals surface area contributed by atoms with Crippen LogP contribution in [-0.2, 0) is 6.42 Å². The first kappa shape index (κ1) is 15.8. The molecule has 112 valence electrons. The lowest BCUT2D eigenvalue weighted by Crippen LogP contribution is -2.02. The first-order valence-corrected chi connectivity index (χ1v) is 8.47. The molecule has 2 aromatic rings. The molecule has 0 amide bonds. The Kier molecular flexibility index (Phi) is 6.04. The van der Waals surface area contributed by atoms with E-state index in [1.54, 1.807) is 11.1 Å². The Hall–Kier alpha value is -1.56. The third-order valence-corrected chi connectivity index (χ3v) is 4.45. The van der Waals surface area contributed by atoms with Crippen molar-refractivity contribution in [2.24, 2.45) is 0 Å². The molecule has 0 aliphatic rings. The van der Waals surface area contributed by atoms with Crippen LogP contribution in [0.25, 0.3) is 10.8 Å². The average molecular weight is 280 g/mol. The summed E-state index contributed by atoms with van der Waals surface area (Å²) in [7, 11) is 0. The molecule has 0 spiro atoms. The van der Waals surface area contributed by atoms with Crippen molar-refractivity contribution in [2.45, 2.75) is 58.8 Å². The lowest BCUT2D eigenvalue weighted by atomic mass is 9.85. The third-order valence-electron chi connectivity index (χ3n) is 4.45. The Bertz CT molecular complexity index is 592. The Morgan fingerprint density at radius 3 is 2.48 bits per heavy atom. The van der Waals surface area contributed by atoms with Gasteiger partial charge in [-0.05, 0) is 59.9 Å². The van der Waals surface area contributed by atoms with Crippen LogP contribution in [0.5, 0.6) is 0 Å². The second-order valence-electron chi connectivity index (χ2n) is 5.77. The molecular weight excluding hydrogens is 252 g/mol. The molecule has 0 heteroatoms. The number of hydrogen-bond acceptors (Lipinski definition) is 0. The molecule has 0 saturated heterocycles. The van der Waals surface area contributed by atoms with Crippen molar-refractivity contribution in [1.82, 2.24) is 0 Å². The number of fused-ring (bicyclic) bond motifs is 1. The number of allylic oxidation sites excluding steroid dienone is 2. The van der Waals surface area contributed by atoms with Gasteiger partial charge >= 0.3 is 0 Å². The van der Waals surface area contributed by atoms with E-state index in [1.165, 1.54) is 30.0 Å². The number of hydrogen-bond donors (Lipinski definition) is 0. The average Bonchev–Trinajstić information content (AvgIpc) is 2.54. The van der Waals surface area contributed by atoms with Crippen molar-refractivity contribution in [3.05, 3.63) is 59.7 Å². The summed E-state index contributed by atoms with van der Waals surface area (Å²) in [4.78, 5) is 0. The maximum Gasteiger partial charge on any atom is -0.0149 e. The predicted molar refractivity (Wildman–Crippen MR) is 95.0 cm³/mol. The van der Waals surface area contributed by atoms with Crippen molar-refractivity contribution >= 4 is 10.8 Å². The first-order valence-electron chi connectivity index (χ1n) is 8.47. The highest BCUT2D eigenvalue weighted by Gasteiger charge is 2.14. The summed E-state index contributed by atoms with van der Waals surface area (Å²) in [6.07, 6.45) is 10.6. The summed E-state index contributed by atoms with van der Waals surface area (Å²) in [6.45, 7) is 6.81. The molecule has 0 aromatic heterocycles. The number of benzene rings is 2. The molecule has 0 aliphatic heterocycles. The summed E-state index contributed by atoms with van der Waals surface area (Å²) < 4.78 is 0. The Labute approximate surface area is 129 Å². The Morgan fingerprint density at radius 1 is 0.952 bits per heavy atom. The van der Waals surface area contributed by atoms with Gasteiger partial charge in [-0.1, -0.05) is 69.3 Å². The van der Waals surface area contributed by atoms with Crippen LogP contribution in [0.4, 0.5) is 0 Å². The topological polar surface area (TPSA) is 0 Å². The molecule has 21 heavy (non-hydrogen) atoms.